The van der Waals surface area contributed by atoms with Gasteiger partial charge in [0, 0.05) is 0 Å². The van der Waals surface area contributed by atoms with Crippen molar-refractivity contribution in [3.05, 3.63) is 33.0 Å². The van der Waals surface area contributed by atoms with Gasteiger partial charge in [0.25, 0.3) is 0 Å². The Balaban J connectivity index is 2.74. The van der Waals surface area contributed by atoms with E-state index in [4.69, 9.17) is 29.6 Å². The Hall–Kier alpha value is -0.910. The van der Waals surface area contributed by atoms with Gasteiger partial charge in [-0.3, -0.25) is 0 Å². The molecule has 1 heterocycles. The summed E-state index contributed by atoms with van der Waals surface area (Å²) in [5.41, 5.74) is 6.43. The second-order valence-electron chi connectivity index (χ2n) is 2.85. The van der Waals surface area contributed by atoms with E-state index in [1.54, 1.807) is 12.1 Å². The molecule has 0 bridgehead atoms. The predicted molar refractivity (Wildman–Crippen MR) is 64.3 cm³/mol. The molecule has 78 valence electrons. The van der Waals surface area contributed by atoms with Gasteiger partial charge in [-0.1, -0.05) is 29.0 Å². The van der Waals surface area contributed by atoms with Gasteiger partial charge in [-0.05, 0) is 24.4 Å². The van der Waals surface area contributed by atoms with E-state index in [1.165, 1.54) is 17.4 Å². The molecule has 0 fully saturated rings. The number of hydrogen-bond acceptors (Lipinski definition) is 3. The maximum absolute atomic E-state index is 13.5. The molecule has 0 aliphatic rings. The molecule has 2 rings (SSSR count). The predicted octanol–water partition coefficient (Wildman–Crippen LogP) is 3.85. The van der Waals surface area contributed by atoms with Gasteiger partial charge >= 0.3 is 0 Å². The van der Waals surface area contributed by atoms with Crippen LogP contribution in [0.4, 0.5) is 9.39 Å². The number of thiazole rings is 1. The fraction of sp³-hybridized carbons (Fsp3) is 0. The lowest BCUT2D eigenvalue weighted by Gasteiger charge is -2.03. The average Bonchev–Trinajstić information content (AvgIpc) is 2.45. The molecular formula is C9H6ClFN2S2. The van der Waals surface area contributed by atoms with Crippen LogP contribution >= 0.6 is 35.2 Å². The molecule has 2 nitrogen and oxygen atoms in total. The number of nitrogens with two attached hydrogens (primary N) is 1. The Morgan fingerprint density at radius 2 is 2.20 bits per heavy atom. The third-order valence-corrected chi connectivity index (χ3v) is 3.27. The van der Waals surface area contributed by atoms with Crippen LogP contribution in [0.1, 0.15) is 0 Å². The minimum absolute atomic E-state index is 0.268. The van der Waals surface area contributed by atoms with E-state index in [0.717, 1.165) is 0 Å². The zero-order valence-electron chi connectivity index (χ0n) is 7.38. The van der Waals surface area contributed by atoms with Crippen LogP contribution in [0, 0.1) is 9.77 Å². The number of hydrogen-bond donors (Lipinski definition) is 2. The standard InChI is InChI=1S/C9H6ClFN2S2/c10-4-2-1-3-5(11)6(4)7-8(12)15-9(14)13-7/h1-3H,12H2,(H,13,14). The number of H-pyrrole nitrogens is 1. The average molecular weight is 261 g/mol. The lowest BCUT2D eigenvalue weighted by Crippen LogP contribution is -1.90. The highest BCUT2D eigenvalue weighted by molar-refractivity contribution is 7.73. The zero-order chi connectivity index (χ0) is 11.0. The Morgan fingerprint density at radius 1 is 1.47 bits per heavy atom. The summed E-state index contributed by atoms with van der Waals surface area (Å²) in [4.78, 5) is 2.83. The monoisotopic (exact) mass is 260 g/mol. The number of nitrogens with one attached hydrogen (secondary N) is 1. The Morgan fingerprint density at radius 3 is 2.73 bits per heavy atom. The fourth-order valence-corrected chi connectivity index (χ4v) is 2.50. The lowest BCUT2D eigenvalue weighted by molar-refractivity contribution is 0.631. The van der Waals surface area contributed by atoms with Crippen molar-refractivity contribution < 1.29 is 4.39 Å². The number of anilines is 1. The van der Waals surface area contributed by atoms with Gasteiger partial charge in [0.15, 0.2) is 3.95 Å². The van der Waals surface area contributed by atoms with Crippen molar-refractivity contribution in [3.8, 4) is 11.3 Å². The van der Waals surface area contributed by atoms with E-state index >= 15 is 0 Å². The summed E-state index contributed by atoms with van der Waals surface area (Å²) in [7, 11) is 0. The van der Waals surface area contributed by atoms with Crippen molar-refractivity contribution in [1.29, 1.82) is 0 Å². The maximum Gasteiger partial charge on any atom is 0.160 e. The van der Waals surface area contributed by atoms with Gasteiger partial charge < -0.3 is 10.7 Å². The first kappa shape index (κ1) is 10.6. The van der Waals surface area contributed by atoms with Gasteiger partial charge in [-0.2, -0.15) is 0 Å². The van der Waals surface area contributed by atoms with E-state index in [2.05, 4.69) is 4.98 Å². The summed E-state index contributed by atoms with van der Waals surface area (Å²) >= 11 is 12.0. The van der Waals surface area contributed by atoms with Gasteiger partial charge in [0.2, 0.25) is 0 Å². The van der Waals surface area contributed by atoms with E-state index in [-0.39, 0.29) is 5.56 Å². The molecular weight excluding hydrogens is 255 g/mol. The second kappa shape index (κ2) is 3.92. The highest BCUT2D eigenvalue weighted by atomic mass is 35.5. The third kappa shape index (κ3) is 1.90. The van der Waals surface area contributed by atoms with E-state index < -0.39 is 5.82 Å². The summed E-state index contributed by atoms with van der Waals surface area (Å²) in [5.74, 6) is -0.418. The van der Waals surface area contributed by atoms with E-state index in [9.17, 15) is 4.39 Å². The highest BCUT2D eigenvalue weighted by Crippen LogP contribution is 2.35. The van der Waals surface area contributed by atoms with Crippen molar-refractivity contribution >= 4 is 40.2 Å². The molecule has 0 saturated heterocycles. The highest BCUT2D eigenvalue weighted by Gasteiger charge is 2.14. The lowest BCUT2D eigenvalue weighted by atomic mass is 10.1. The summed E-state index contributed by atoms with van der Waals surface area (Å²) in [6.07, 6.45) is 0. The topological polar surface area (TPSA) is 41.8 Å². The van der Waals surface area contributed by atoms with Crippen LogP contribution in [0.3, 0.4) is 0 Å². The molecule has 0 radical (unpaired) electrons. The largest absolute Gasteiger partial charge is 0.389 e. The summed E-state index contributed by atoms with van der Waals surface area (Å²) in [6.45, 7) is 0. The molecule has 6 heteroatoms. The van der Waals surface area contributed by atoms with E-state index in [0.29, 0.717) is 19.7 Å². The van der Waals surface area contributed by atoms with Crippen LogP contribution in [-0.2, 0) is 0 Å². The van der Waals surface area contributed by atoms with Crippen LogP contribution in [0.5, 0.6) is 0 Å². The number of aromatic nitrogens is 1. The minimum Gasteiger partial charge on any atom is -0.389 e. The molecule has 2 aromatic rings. The molecule has 0 spiro atoms. The zero-order valence-corrected chi connectivity index (χ0v) is 9.77. The van der Waals surface area contributed by atoms with Gasteiger partial charge in [-0.15, -0.1) is 0 Å². The molecule has 0 aliphatic carbocycles. The van der Waals surface area contributed by atoms with Crippen molar-refractivity contribution in [2.45, 2.75) is 0 Å². The van der Waals surface area contributed by atoms with Crippen molar-refractivity contribution in [1.82, 2.24) is 4.98 Å². The summed E-state index contributed by atoms with van der Waals surface area (Å²) in [5, 5.41) is 0.748. The Kier molecular flexibility index (Phi) is 2.77. The molecule has 1 aromatic carbocycles. The molecule has 15 heavy (non-hydrogen) atoms. The number of benzene rings is 1. The summed E-state index contributed by atoms with van der Waals surface area (Å²) in [6, 6.07) is 4.47. The molecule has 0 unspecified atom stereocenters. The van der Waals surface area contributed by atoms with Gasteiger partial charge in [0.1, 0.15) is 10.8 Å². The van der Waals surface area contributed by atoms with E-state index in [1.807, 2.05) is 0 Å². The first-order chi connectivity index (χ1) is 7.09. The number of nitrogen functional groups attached to an aromatic ring is 1. The molecule has 0 saturated carbocycles. The second-order valence-corrected chi connectivity index (χ2v) is 4.98. The Labute approximate surface area is 99.5 Å². The number of halogens is 2. The van der Waals surface area contributed by atoms with Crippen molar-refractivity contribution in [3.63, 3.8) is 0 Å². The number of rotatable bonds is 1. The first-order valence-corrected chi connectivity index (χ1v) is 5.63. The van der Waals surface area contributed by atoms with Crippen LogP contribution in [-0.4, -0.2) is 4.98 Å². The van der Waals surface area contributed by atoms with Crippen LogP contribution in [0.25, 0.3) is 11.3 Å². The van der Waals surface area contributed by atoms with Gasteiger partial charge in [0.05, 0.1) is 16.3 Å². The molecule has 1 aromatic heterocycles. The first-order valence-electron chi connectivity index (χ1n) is 4.02. The van der Waals surface area contributed by atoms with Gasteiger partial charge in [-0.25, -0.2) is 4.39 Å². The smallest absolute Gasteiger partial charge is 0.160 e. The molecule has 0 aliphatic heterocycles. The normalized spacial score (nSPS) is 10.5. The fourth-order valence-electron chi connectivity index (χ4n) is 1.26. The maximum atomic E-state index is 13.5. The molecule has 3 N–H and O–H groups in total. The van der Waals surface area contributed by atoms with Crippen LogP contribution in [0.2, 0.25) is 5.02 Å². The Bertz CT molecular complexity index is 541. The third-order valence-electron chi connectivity index (χ3n) is 1.89. The quantitative estimate of drug-likeness (QED) is 0.765. The summed E-state index contributed by atoms with van der Waals surface area (Å²) < 4.78 is 14.0. The SMILES string of the molecule is Nc1sc(=S)[nH]c1-c1c(F)cccc1Cl. The number of aromatic amines is 1. The molecule has 0 amide bonds. The van der Waals surface area contributed by atoms with Crippen molar-refractivity contribution in [2.75, 3.05) is 5.73 Å². The van der Waals surface area contributed by atoms with Crippen LogP contribution in [0.15, 0.2) is 18.2 Å². The minimum atomic E-state index is -0.418. The van der Waals surface area contributed by atoms with Crippen molar-refractivity contribution in [2.24, 2.45) is 0 Å². The van der Waals surface area contributed by atoms with Crippen LogP contribution < -0.4 is 5.73 Å². The molecule has 0 atom stereocenters.